The fourth-order valence-corrected chi connectivity index (χ4v) is 6.97. The lowest BCUT2D eigenvalue weighted by Gasteiger charge is -2.21. The molecular formula is C57H50N4O. The van der Waals surface area contributed by atoms with E-state index in [1.54, 1.807) is 93.6 Å². The molecule has 0 saturated carbocycles. The molecule has 62 heavy (non-hydrogen) atoms. The van der Waals surface area contributed by atoms with Gasteiger partial charge in [-0.2, -0.15) is 5.26 Å². The van der Waals surface area contributed by atoms with Crippen LogP contribution in [0.1, 0.15) is 85.8 Å². The molecule has 5 heteroatoms. The number of rotatable bonds is 13. The number of hydrogen-bond donors (Lipinski definition) is 0. The van der Waals surface area contributed by atoms with E-state index < -0.39 is 72.3 Å². The standard InChI is InChI=1S/C57H50N4O/c1-57(2,3)34-48-33-54(51-16-10-15-50-49-26-22-44(35-58)32-55(49)62-56(50)51)61-38-47(48)25-21-43-30-41(19-17-39-23-27-52(59-36-39)45-11-6-4-7-12-45)29-42(31-43)20-18-40-24-28-53(60-37-40)46-13-8-5-9-14-46/h4-16,22-24,26-33,36-38H,17-21,25,34H2,1-3H3/i17D2,18D2,19D2,20D2,21D2,25D2,32D,34D2. The van der Waals surface area contributed by atoms with Gasteiger partial charge in [0.15, 0.2) is 0 Å². The van der Waals surface area contributed by atoms with Crippen molar-refractivity contribution in [3.8, 4) is 39.8 Å². The fourth-order valence-electron chi connectivity index (χ4n) is 6.97. The zero-order valence-electron chi connectivity index (χ0n) is 49.2. The van der Waals surface area contributed by atoms with Gasteiger partial charge in [0.2, 0.25) is 0 Å². The van der Waals surface area contributed by atoms with Crippen molar-refractivity contribution in [2.24, 2.45) is 5.41 Å². The Kier molecular flexibility index (Phi) is 7.54. The van der Waals surface area contributed by atoms with Gasteiger partial charge in [-0.1, -0.05) is 124 Å². The van der Waals surface area contributed by atoms with E-state index in [4.69, 9.17) is 5.79 Å². The summed E-state index contributed by atoms with van der Waals surface area (Å²) in [6.45, 7) is 4.75. The second kappa shape index (κ2) is 17.8. The van der Waals surface area contributed by atoms with Gasteiger partial charge in [0.1, 0.15) is 11.2 Å². The maximum Gasteiger partial charge on any atom is 0.144 e. The van der Waals surface area contributed by atoms with E-state index in [9.17, 15) is 24.5 Å². The fraction of sp³-hybridized carbons (Fsp3) is 0.193. The highest BCUT2D eigenvalue weighted by molar-refractivity contribution is 6.09. The van der Waals surface area contributed by atoms with E-state index in [2.05, 4.69) is 15.0 Å². The first-order chi connectivity index (χ1) is 36.0. The van der Waals surface area contributed by atoms with Crippen LogP contribution in [0.2, 0.25) is 0 Å². The molecule has 0 radical (unpaired) electrons. The number of nitrogens with zero attached hydrogens (tertiary/aromatic N) is 4. The zero-order valence-corrected chi connectivity index (χ0v) is 34.2. The highest BCUT2D eigenvalue weighted by atomic mass is 16.3. The molecule has 4 heterocycles. The van der Waals surface area contributed by atoms with Crippen molar-refractivity contribution < 1.29 is 25.0 Å². The van der Waals surface area contributed by atoms with Crippen LogP contribution < -0.4 is 0 Å². The third-order valence-corrected chi connectivity index (χ3v) is 9.87. The first-order valence-corrected chi connectivity index (χ1v) is 20.1. The van der Waals surface area contributed by atoms with Crippen LogP contribution in [-0.2, 0) is 44.6 Å². The van der Waals surface area contributed by atoms with Gasteiger partial charge in [-0.25, -0.2) is 0 Å². The lowest BCUT2D eigenvalue weighted by Crippen LogP contribution is -2.12. The molecule has 0 bridgehead atoms. The zero-order chi connectivity index (χ0) is 55.9. The topological polar surface area (TPSA) is 75.6 Å². The number of para-hydroxylation sites is 1. The monoisotopic (exact) mass is 821 g/mol. The Morgan fingerprint density at radius 1 is 0.548 bits per heavy atom. The summed E-state index contributed by atoms with van der Waals surface area (Å²) >= 11 is 0. The molecule has 9 aromatic rings. The molecule has 0 fully saturated rings. The van der Waals surface area contributed by atoms with Crippen LogP contribution in [0.25, 0.3) is 55.7 Å². The number of fused-ring (bicyclic) bond motifs is 3. The lowest BCUT2D eigenvalue weighted by atomic mass is 9.85. The van der Waals surface area contributed by atoms with Gasteiger partial charge in [-0.05, 0) is 131 Å². The average molecular weight is 822 g/mol. The number of aromatic nitrogens is 3. The lowest BCUT2D eigenvalue weighted by molar-refractivity contribution is 0.409. The summed E-state index contributed by atoms with van der Waals surface area (Å²) in [5.41, 5.74) is -1.44. The van der Waals surface area contributed by atoms with Crippen molar-refractivity contribution in [3.63, 3.8) is 0 Å². The molecule has 0 amide bonds. The number of benzene rings is 5. The Morgan fingerprint density at radius 2 is 1.11 bits per heavy atom. The Morgan fingerprint density at radius 3 is 1.66 bits per heavy atom. The molecule has 0 saturated heterocycles. The van der Waals surface area contributed by atoms with Crippen LogP contribution in [0.3, 0.4) is 0 Å². The highest BCUT2D eigenvalue weighted by Crippen LogP contribution is 2.37. The number of nitriles is 1. The number of hydrogen-bond acceptors (Lipinski definition) is 5. The van der Waals surface area contributed by atoms with Gasteiger partial charge in [-0.3, -0.25) is 15.0 Å². The minimum atomic E-state index is -3.37. The van der Waals surface area contributed by atoms with Crippen molar-refractivity contribution in [2.45, 2.75) is 65.4 Å². The number of furan rings is 1. The molecule has 0 aliphatic heterocycles. The number of aryl methyl sites for hydroxylation is 6. The van der Waals surface area contributed by atoms with E-state index in [0.717, 1.165) is 24.4 Å². The molecular weight excluding hydrogens is 757 g/mol. The molecule has 5 nitrogen and oxygen atoms in total. The molecule has 304 valence electrons. The molecule has 4 aromatic heterocycles. The summed E-state index contributed by atoms with van der Waals surface area (Å²) in [6.07, 6.45) is -18.1. The van der Waals surface area contributed by atoms with Crippen molar-refractivity contribution in [1.82, 2.24) is 15.0 Å². The van der Waals surface area contributed by atoms with Crippen LogP contribution in [0.5, 0.6) is 0 Å². The second-order valence-corrected chi connectivity index (χ2v) is 15.6. The molecule has 5 aromatic carbocycles. The van der Waals surface area contributed by atoms with Crippen molar-refractivity contribution in [1.29, 1.82) is 5.26 Å². The molecule has 0 N–H and O–H groups in total. The van der Waals surface area contributed by atoms with Crippen molar-refractivity contribution in [3.05, 3.63) is 209 Å². The van der Waals surface area contributed by atoms with E-state index in [1.165, 1.54) is 48.8 Å². The van der Waals surface area contributed by atoms with Gasteiger partial charge >= 0.3 is 0 Å². The van der Waals surface area contributed by atoms with E-state index in [0.29, 0.717) is 38.9 Å². The smallest absolute Gasteiger partial charge is 0.144 e. The predicted octanol–water partition coefficient (Wildman–Crippen LogP) is 13.6. The van der Waals surface area contributed by atoms with Crippen LogP contribution in [0.4, 0.5) is 0 Å². The van der Waals surface area contributed by atoms with Gasteiger partial charge in [-0.15, -0.1) is 0 Å². The van der Waals surface area contributed by atoms with E-state index in [1.807, 2.05) is 18.2 Å². The first-order valence-electron chi connectivity index (χ1n) is 27.6. The minimum Gasteiger partial charge on any atom is -0.455 e. The molecule has 9 rings (SSSR count). The van der Waals surface area contributed by atoms with Crippen molar-refractivity contribution in [2.75, 3.05) is 0 Å². The molecule has 0 aliphatic rings. The van der Waals surface area contributed by atoms with Crippen molar-refractivity contribution >= 4 is 21.9 Å². The van der Waals surface area contributed by atoms with E-state index in [-0.39, 0.29) is 45.2 Å². The molecule has 0 aliphatic carbocycles. The second-order valence-electron chi connectivity index (χ2n) is 15.6. The molecule has 0 spiro atoms. The Balaban J connectivity index is 1.21. The normalized spacial score (nSPS) is 16.8. The maximum absolute atomic E-state index is 9.79. The van der Waals surface area contributed by atoms with Crippen LogP contribution in [0.15, 0.2) is 169 Å². The molecule has 0 unspecified atom stereocenters. The predicted molar refractivity (Wildman–Crippen MR) is 253 cm³/mol. The van der Waals surface area contributed by atoms with Gasteiger partial charge in [0.25, 0.3) is 0 Å². The Bertz CT molecular complexity index is 3610. The van der Waals surface area contributed by atoms with Crippen LogP contribution >= 0.6 is 0 Å². The summed E-state index contributed by atoms with van der Waals surface area (Å²) < 4.78 is 149. The quantitative estimate of drug-likeness (QED) is 0.116. The maximum atomic E-state index is 9.79. The summed E-state index contributed by atoms with van der Waals surface area (Å²) in [5, 5.41) is 10.7. The first kappa shape index (κ1) is 26.2. The highest BCUT2D eigenvalue weighted by Gasteiger charge is 2.19. The molecule has 0 atom stereocenters. The largest absolute Gasteiger partial charge is 0.455 e. The average Bonchev–Trinajstić information content (AvgIpc) is 3.96. The Labute approximate surface area is 385 Å². The minimum absolute atomic E-state index is 0.0809. The summed E-state index contributed by atoms with van der Waals surface area (Å²) in [7, 11) is 0. The Hall–Kier alpha value is -7.16. The van der Waals surface area contributed by atoms with Gasteiger partial charge in [0.05, 0.1) is 30.1 Å². The van der Waals surface area contributed by atoms with Crippen LogP contribution in [-0.4, -0.2) is 15.0 Å². The van der Waals surface area contributed by atoms with E-state index >= 15 is 0 Å². The van der Waals surface area contributed by atoms with Crippen LogP contribution in [0, 0.1) is 16.7 Å². The summed E-state index contributed by atoms with van der Waals surface area (Å²) in [4.78, 5) is 13.4. The summed E-state index contributed by atoms with van der Waals surface area (Å²) in [6, 6.07) is 37.8. The third kappa shape index (κ3) is 9.41. The number of pyridine rings is 3. The van der Waals surface area contributed by atoms with Gasteiger partial charge < -0.3 is 4.42 Å². The summed E-state index contributed by atoms with van der Waals surface area (Å²) in [5.74, 6) is 0. The SMILES string of the molecule is [2H]c1c(C#N)ccc2c1oc1c(-c3cc(C([2H])([2H])C(C)(C)C)c(C([2H])([2H])C([2H])([2H])c4cc(C([2H])([2H])C([2H])([2H])c5ccc(-c6ccccc6)nc5)cc(C([2H])([2H])C([2H])([2H])c5ccc(-c6ccccc6)nc5)c4)cn3)cccc12. The van der Waals surface area contributed by atoms with Gasteiger partial charge in [0, 0.05) is 65.2 Å². The third-order valence-electron chi connectivity index (χ3n) is 9.87.